The smallest absolute Gasteiger partial charge is 0.326 e. The Kier molecular flexibility index (Phi) is 10.3. The van der Waals surface area contributed by atoms with Gasteiger partial charge in [-0.15, -0.1) is 0 Å². The van der Waals surface area contributed by atoms with E-state index in [1.807, 2.05) is 30.3 Å². The number of carboxylic acid groups (broad SMARTS) is 1. The van der Waals surface area contributed by atoms with Crippen molar-refractivity contribution in [1.82, 2.24) is 15.5 Å². The third-order valence-corrected chi connectivity index (χ3v) is 5.50. The second-order valence-corrected chi connectivity index (χ2v) is 8.05. The molecule has 3 unspecified atom stereocenters. The van der Waals surface area contributed by atoms with Crippen LogP contribution in [-0.4, -0.2) is 77.4 Å². The molecule has 0 aromatic heterocycles. The van der Waals surface area contributed by atoms with Gasteiger partial charge in [-0.2, -0.15) is 0 Å². The van der Waals surface area contributed by atoms with Gasteiger partial charge in [0.25, 0.3) is 0 Å². The second-order valence-electron chi connectivity index (χ2n) is 8.05. The molecule has 1 aromatic carbocycles. The summed E-state index contributed by atoms with van der Waals surface area (Å²) in [6.45, 7) is 0.225. The van der Waals surface area contributed by atoms with E-state index >= 15 is 0 Å². The lowest BCUT2D eigenvalue weighted by Gasteiger charge is -2.28. The van der Waals surface area contributed by atoms with Gasteiger partial charge in [0.15, 0.2) is 5.96 Å². The van der Waals surface area contributed by atoms with Crippen LogP contribution in [0.1, 0.15) is 31.2 Å². The van der Waals surface area contributed by atoms with Gasteiger partial charge in [0.1, 0.15) is 18.1 Å². The van der Waals surface area contributed by atoms with Crippen molar-refractivity contribution in [2.24, 2.45) is 22.2 Å². The van der Waals surface area contributed by atoms with E-state index in [2.05, 4.69) is 15.6 Å². The monoisotopic (exact) mass is 475 g/mol. The van der Waals surface area contributed by atoms with Crippen molar-refractivity contribution < 1.29 is 24.3 Å². The van der Waals surface area contributed by atoms with Crippen LogP contribution in [0.2, 0.25) is 0 Å². The molecule has 1 aliphatic heterocycles. The Labute approximate surface area is 197 Å². The molecule has 9 N–H and O–H groups in total. The third kappa shape index (κ3) is 8.03. The lowest BCUT2D eigenvalue weighted by atomic mass is 10.0. The summed E-state index contributed by atoms with van der Waals surface area (Å²) in [6.07, 6.45) is 1.65. The lowest BCUT2D eigenvalue weighted by molar-refractivity contribution is -0.149. The van der Waals surface area contributed by atoms with E-state index in [1.54, 1.807) is 0 Å². The number of benzene rings is 1. The highest BCUT2D eigenvalue weighted by molar-refractivity contribution is 5.94. The van der Waals surface area contributed by atoms with Gasteiger partial charge in [-0.3, -0.25) is 19.4 Å². The molecule has 1 fully saturated rings. The number of nitrogens with zero attached hydrogens (tertiary/aromatic N) is 2. The molecule has 1 heterocycles. The second kappa shape index (κ2) is 13.1. The van der Waals surface area contributed by atoms with Crippen LogP contribution in [-0.2, 0) is 25.6 Å². The van der Waals surface area contributed by atoms with E-state index in [0.29, 0.717) is 19.3 Å². The van der Waals surface area contributed by atoms with Crippen LogP contribution in [0, 0.1) is 0 Å². The Balaban J connectivity index is 2.20. The summed E-state index contributed by atoms with van der Waals surface area (Å²) < 4.78 is 0. The van der Waals surface area contributed by atoms with Crippen LogP contribution in [0.5, 0.6) is 0 Å². The van der Waals surface area contributed by atoms with Crippen molar-refractivity contribution in [3.63, 3.8) is 0 Å². The summed E-state index contributed by atoms with van der Waals surface area (Å²) in [5.74, 6) is -2.76. The number of carboxylic acids is 1. The van der Waals surface area contributed by atoms with Crippen molar-refractivity contribution in [2.45, 2.75) is 50.2 Å². The molecule has 34 heavy (non-hydrogen) atoms. The molecular weight excluding hydrogens is 442 g/mol. The zero-order valence-electron chi connectivity index (χ0n) is 19.0. The minimum atomic E-state index is -1.09. The number of nitrogens with two attached hydrogens (primary N) is 3. The number of aliphatic carboxylic acids is 1. The number of hydrogen-bond acceptors (Lipinski definition) is 6. The highest BCUT2D eigenvalue weighted by Gasteiger charge is 2.38. The number of nitrogens with one attached hydrogen (secondary N) is 2. The van der Waals surface area contributed by atoms with Crippen molar-refractivity contribution in [1.29, 1.82) is 0 Å². The summed E-state index contributed by atoms with van der Waals surface area (Å²) >= 11 is 0. The highest BCUT2D eigenvalue weighted by atomic mass is 16.4. The van der Waals surface area contributed by atoms with Crippen molar-refractivity contribution >= 4 is 29.7 Å². The fraction of sp³-hybridized carbons (Fsp3) is 0.500. The third-order valence-electron chi connectivity index (χ3n) is 5.50. The molecule has 186 valence electrons. The first kappa shape index (κ1) is 26.6. The van der Waals surface area contributed by atoms with E-state index in [1.165, 1.54) is 4.90 Å². The van der Waals surface area contributed by atoms with Crippen molar-refractivity contribution in [3.8, 4) is 0 Å². The van der Waals surface area contributed by atoms with Gasteiger partial charge < -0.3 is 37.8 Å². The van der Waals surface area contributed by atoms with Crippen LogP contribution in [0.4, 0.5) is 0 Å². The first-order chi connectivity index (χ1) is 16.2. The molecular formula is C22H33N7O5. The van der Waals surface area contributed by atoms with E-state index in [9.17, 15) is 24.3 Å². The Morgan fingerprint density at radius 3 is 2.44 bits per heavy atom. The van der Waals surface area contributed by atoms with Crippen molar-refractivity contribution in [3.05, 3.63) is 35.9 Å². The van der Waals surface area contributed by atoms with E-state index in [-0.39, 0.29) is 38.4 Å². The fourth-order valence-corrected chi connectivity index (χ4v) is 3.83. The number of rotatable bonds is 12. The summed E-state index contributed by atoms with van der Waals surface area (Å²) in [7, 11) is 0. The Morgan fingerprint density at radius 1 is 1.12 bits per heavy atom. The normalized spacial score (nSPS) is 16.9. The predicted molar refractivity (Wildman–Crippen MR) is 125 cm³/mol. The molecule has 1 aliphatic rings. The van der Waals surface area contributed by atoms with E-state index in [0.717, 1.165) is 5.56 Å². The maximum atomic E-state index is 13.2. The summed E-state index contributed by atoms with van der Waals surface area (Å²) in [6, 6.07) is 6.16. The van der Waals surface area contributed by atoms with Gasteiger partial charge in [0.2, 0.25) is 17.7 Å². The topological polar surface area (TPSA) is 206 Å². The standard InChI is InChI=1S/C22H33N7O5/c23-13-18(30)27-16(12-14-6-2-1-3-7-14)19(31)28-15(8-4-10-26-22(24)25)20(32)29-11-5-9-17(29)21(33)34/h1-3,6-7,15-17H,4-5,8-13,23H2,(H,27,30)(H,28,31)(H,33,34)(H4,24,25,26). The summed E-state index contributed by atoms with van der Waals surface area (Å²) in [5.41, 5.74) is 16.9. The van der Waals surface area contributed by atoms with Gasteiger partial charge in [0.05, 0.1) is 6.54 Å². The Hall–Kier alpha value is -3.67. The van der Waals surface area contributed by atoms with Crippen LogP contribution < -0.4 is 27.8 Å². The number of likely N-dealkylation sites (tertiary alicyclic amines) is 1. The Morgan fingerprint density at radius 2 is 1.82 bits per heavy atom. The van der Waals surface area contributed by atoms with Crippen molar-refractivity contribution in [2.75, 3.05) is 19.6 Å². The van der Waals surface area contributed by atoms with Crippen LogP contribution in [0.25, 0.3) is 0 Å². The molecule has 12 heteroatoms. The fourth-order valence-electron chi connectivity index (χ4n) is 3.83. The molecule has 0 aliphatic carbocycles. The molecule has 0 saturated carbocycles. The molecule has 0 radical (unpaired) electrons. The maximum Gasteiger partial charge on any atom is 0.326 e. The molecule has 2 rings (SSSR count). The zero-order chi connectivity index (χ0) is 25.1. The van der Waals surface area contributed by atoms with Crippen LogP contribution in [0.3, 0.4) is 0 Å². The zero-order valence-corrected chi connectivity index (χ0v) is 19.0. The number of carbonyl (C=O) groups is 4. The quantitative estimate of drug-likeness (QED) is 0.116. The number of carbonyl (C=O) groups excluding carboxylic acids is 3. The van der Waals surface area contributed by atoms with Gasteiger partial charge in [-0.1, -0.05) is 30.3 Å². The molecule has 1 aromatic rings. The molecule has 0 spiro atoms. The van der Waals surface area contributed by atoms with Gasteiger partial charge in [-0.05, 0) is 31.2 Å². The van der Waals surface area contributed by atoms with Gasteiger partial charge in [0, 0.05) is 19.5 Å². The van der Waals surface area contributed by atoms with Crippen LogP contribution >= 0.6 is 0 Å². The molecule has 12 nitrogen and oxygen atoms in total. The van der Waals surface area contributed by atoms with Crippen LogP contribution in [0.15, 0.2) is 35.3 Å². The minimum Gasteiger partial charge on any atom is -0.480 e. The van der Waals surface area contributed by atoms with E-state index < -0.39 is 41.8 Å². The molecule has 3 amide bonds. The molecule has 1 saturated heterocycles. The Bertz CT molecular complexity index is 889. The summed E-state index contributed by atoms with van der Waals surface area (Å²) in [5, 5.41) is 14.8. The van der Waals surface area contributed by atoms with E-state index in [4.69, 9.17) is 17.2 Å². The molecule has 0 bridgehead atoms. The number of guanidine groups is 1. The molecule has 3 atom stereocenters. The average Bonchev–Trinajstić information content (AvgIpc) is 3.31. The minimum absolute atomic E-state index is 0.0928. The number of hydrogen-bond donors (Lipinski definition) is 6. The summed E-state index contributed by atoms with van der Waals surface area (Å²) in [4.78, 5) is 55.1. The maximum absolute atomic E-state index is 13.2. The number of amides is 3. The predicted octanol–water partition coefficient (Wildman–Crippen LogP) is -1.71. The first-order valence-electron chi connectivity index (χ1n) is 11.1. The highest BCUT2D eigenvalue weighted by Crippen LogP contribution is 2.20. The first-order valence-corrected chi connectivity index (χ1v) is 11.1. The van der Waals surface area contributed by atoms with Gasteiger partial charge >= 0.3 is 5.97 Å². The SMILES string of the molecule is NCC(=O)NC(Cc1ccccc1)C(=O)NC(CCCN=C(N)N)C(=O)N1CCCC1C(=O)O. The largest absolute Gasteiger partial charge is 0.480 e. The average molecular weight is 476 g/mol. The lowest BCUT2D eigenvalue weighted by Crippen LogP contribution is -2.56. The number of aliphatic imine (C=N–C) groups is 1. The van der Waals surface area contributed by atoms with Gasteiger partial charge in [-0.25, -0.2) is 4.79 Å².